The molecule has 0 unspecified atom stereocenters. The van der Waals surface area contributed by atoms with Crippen LogP contribution in [0.4, 0.5) is 16.2 Å². The van der Waals surface area contributed by atoms with E-state index >= 15 is 0 Å². The third-order valence-corrected chi connectivity index (χ3v) is 3.98. The Morgan fingerprint density at radius 2 is 1.86 bits per heavy atom. The molecule has 21 heavy (non-hydrogen) atoms. The zero-order valence-electron chi connectivity index (χ0n) is 10.8. The van der Waals surface area contributed by atoms with Crippen molar-refractivity contribution in [2.75, 3.05) is 10.6 Å². The molecule has 0 spiro atoms. The highest BCUT2D eigenvalue weighted by molar-refractivity contribution is 9.11. The van der Waals surface area contributed by atoms with Gasteiger partial charge in [-0.25, -0.2) is 4.79 Å². The van der Waals surface area contributed by atoms with Crippen molar-refractivity contribution < 1.29 is 9.59 Å². The molecular formula is C14H12BrN3O2S. The Kier molecular flexibility index (Phi) is 5.13. The van der Waals surface area contributed by atoms with Gasteiger partial charge in [-0.15, -0.1) is 11.3 Å². The second-order valence-corrected chi connectivity index (χ2v) is 6.53. The van der Waals surface area contributed by atoms with Crippen LogP contribution in [0.1, 0.15) is 4.88 Å². The molecule has 1 heterocycles. The summed E-state index contributed by atoms with van der Waals surface area (Å²) in [6, 6.07) is 9.91. The number of hydrogen-bond donors (Lipinski definition) is 3. The van der Waals surface area contributed by atoms with E-state index in [0.717, 1.165) is 8.66 Å². The third-order valence-electron chi connectivity index (χ3n) is 2.39. The van der Waals surface area contributed by atoms with Crippen LogP contribution in [0, 0.1) is 0 Å². The molecule has 4 N–H and O–H groups in total. The normalized spacial score (nSPS) is 10.5. The van der Waals surface area contributed by atoms with Crippen molar-refractivity contribution in [2.24, 2.45) is 5.73 Å². The number of anilines is 2. The van der Waals surface area contributed by atoms with Crippen LogP contribution >= 0.6 is 27.3 Å². The maximum atomic E-state index is 11.8. The number of halogens is 1. The Morgan fingerprint density at radius 3 is 2.48 bits per heavy atom. The number of primary amides is 1. The van der Waals surface area contributed by atoms with Crippen molar-refractivity contribution in [3.8, 4) is 0 Å². The molecule has 2 rings (SSSR count). The van der Waals surface area contributed by atoms with Crippen LogP contribution in [0.5, 0.6) is 0 Å². The topological polar surface area (TPSA) is 84.2 Å². The molecule has 5 nitrogen and oxygen atoms in total. The lowest BCUT2D eigenvalue weighted by molar-refractivity contribution is -0.111. The molecule has 0 aliphatic heterocycles. The van der Waals surface area contributed by atoms with Gasteiger partial charge in [0, 0.05) is 22.3 Å². The van der Waals surface area contributed by atoms with Crippen molar-refractivity contribution in [1.82, 2.24) is 0 Å². The highest BCUT2D eigenvalue weighted by atomic mass is 79.9. The fourth-order valence-electron chi connectivity index (χ4n) is 1.58. The highest BCUT2D eigenvalue weighted by Crippen LogP contribution is 2.23. The zero-order chi connectivity index (χ0) is 15.2. The first-order valence-electron chi connectivity index (χ1n) is 5.94. The Balaban J connectivity index is 1.99. The molecule has 0 saturated carbocycles. The second kappa shape index (κ2) is 7.05. The summed E-state index contributed by atoms with van der Waals surface area (Å²) in [5.74, 6) is -0.254. The third kappa shape index (κ3) is 5.05. The van der Waals surface area contributed by atoms with Gasteiger partial charge >= 0.3 is 6.03 Å². The maximum absolute atomic E-state index is 11.8. The zero-order valence-corrected chi connectivity index (χ0v) is 13.2. The first kappa shape index (κ1) is 15.3. The van der Waals surface area contributed by atoms with Gasteiger partial charge in [-0.1, -0.05) is 6.07 Å². The molecule has 2 aromatic rings. The predicted molar refractivity (Wildman–Crippen MR) is 89.3 cm³/mol. The average molecular weight is 366 g/mol. The molecule has 0 aliphatic rings. The van der Waals surface area contributed by atoms with E-state index in [1.165, 1.54) is 17.4 Å². The number of carbonyl (C=O) groups is 2. The van der Waals surface area contributed by atoms with Crippen molar-refractivity contribution in [3.63, 3.8) is 0 Å². The SMILES string of the molecule is NC(=O)Nc1cccc(NC(=O)/C=C/c2ccc(Br)s2)c1. The number of nitrogens with one attached hydrogen (secondary N) is 2. The van der Waals surface area contributed by atoms with Gasteiger partial charge in [-0.2, -0.15) is 0 Å². The predicted octanol–water partition coefficient (Wildman–Crippen LogP) is 3.65. The number of carbonyl (C=O) groups excluding carboxylic acids is 2. The second-order valence-electron chi connectivity index (χ2n) is 4.03. The van der Waals surface area contributed by atoms with E-state index in [-0.39, 0.29) is 5.91 Å². The van der Waals surface area contributed by atoms with Crippen molar-refractivity contribution in [2.45, 2.75) is 0 Å². The number of amides is 3. The minimum absolute atomic E-state index is 0.254. The lowest BCUT2D eigenvalue weighted by Gasteiger charge is -2.05. The van der Waals surface area contributed by atoms with Gasteiger partial charge in [0.2, 0.25) is 5.91 Å². The van der Waals surface area contributed by atoms with Gasteiger partial charge < -0.3 is 16.4 Å². The first-order chi connectivity index (χ1) is 10.0. The van der Waals surface area contributed by atoms with Gasteiger partial charge in [-0.3, -0.25) is 4.79 Å². The summed E-state index contributed by atoms with van der Waals surface area (Å²) < 4.78 is 1.01. The van der Waals surface area contributed by atoms with Crippen LogP contribution in [0.25, 0.3) is 6.08 Å². The summed E-state index contributed by atoms with van der Waals surface area (Å²) in [4.78, 5) is 23.6. The number of urea groups is 1. The van der Waals surface area contributed by atoms with E-state index in [9.17, 15) is 9.59 Å². The molecule has 0 radical (unpaired) electrons. The summed E-state index contributed by atoms with van der Waals surface area (Å²) in [6.45, 7) is 0. The smallest absolute Gasteiger partial charge is 0.316 e. The van der Waals surface area contributed by atoms with E-state index in [1.54, 1.807) is 30.3 Å². The number of thiophene rings is 1. The summed E-state index contributed by atoms with van der Waals surface area (Å²) in [7, 11) is 0. The molecule has 0 bridgehead atoms. The molecule has 1 aromatic carbocycles. The Morgan fingerprint density at radius 1 is 1.14 bits per heavy atom. The number of hydrogen-bond acceptors (Lipinski definition) is 3. The molecule has 0 saturated heterocycles. The van der Waals surface area contributed by atoms with Gasteiger partial charge in [0.1, 0.15) is 0 Å². The molecule has 1 aromatic heterocycles. The van der Waals surface area contributed by atoms with Crippen LogP contribution in [0.15, 0.2) is 46.3 Å². The quantitative estimate of drug-likeness (QED) is 0.722. The summed E-state index contributed by atoms with van der Waals surface area (Å²) in [5.41, 5.74) is 6.13. The molecule has 3 amide bonds. The minimum Gasteiger partial charge on any atom is -0.351 e. The lowest BCUT2D eigenvalue weighted by atomic mass is 10.2. The van der Waals surface area contributed by atoms with Crippen molar-refractivity contribution in [3.05, 3.63) is 51.1 Å². The number of nitrogens with two attached hydrogens (primary N) is 1. The Labute approximate surface area is 134 Å². The van der Waals surface area contributed by atoms with Gasteiger partial charge in [0.25, 0.3) is 0 Å². The molecule has 7 heteroatoms. The summed E-state index contributed by atoms with van der Waals surface area (Å²) in [5, 5.41) is 5.15. The monoisotopic (exact) mass is 365 g/mol. The fraction of sp³-hybridized carbons (Fsp3) is 0. The van der Waals surface area contributed by atoms with Crippen molar-refractivity contribution >= 4 is 56.7 Å². The molecule has 0 atom stereocenters. The number of benzene rings is 1. The molecule has 108 valence electrons. The van der Waals surface area contributed by atoms with Crippen molar-refractivity contribution in [1.29, 1.82) is 0 Å². The lowest BCUT2D eigenvalue weighted by Crippen LogP contribution is -2.19. The van der Waals surface area contributed by atoms with Crippen LogP contribution in [0.2, 0.25) is 0 Å². The van der Waals surface area contributed by atoms with E-state index in [4.69, 9.17) is 5.73 Å². The molecular weight excluding hydrogens is 354 g/mol. The van der Waals surface area contributed by atoms with E-state index in [0.29, 0.717) is 11.4 Å². The molecule has 0 aliphatic carbocycles. The Bertz CT molecular complexity index is 697. The van der Waals surface area contributed by atoms with Gasteiger partial charge in [-0.05, 0) is 52.3 Å². The first-order valence-corrected chi connectivity index (χ1v) is 7.55. The van der Waals surface area contributed by atoms with Crippen LogP contribution in [-0.2, 0) is 4.79 Å². The average Bonchev–Trinajstić information content (AvgIpc) is 2.82. The van der Waals surface area contributed by atoms with Gasteiger partial charge in [0.15, 0.2) is 0 Å². The van der Waals surface area contributed by atoms with E-state index in [1.807, 2.05) is 12.1 Å². The van der Waals surface area contributed by atoms with Crippen LogP contribution < -0.4 is 16.4 Å². The van der Waals surface area contributed by atoms with Gasteiger partial charge in [0.05, 0.1) is 3.79 Å². The summed E-state index contributed by atoms with van der Waals surface area (Å²) >= 11 is 4.89. The summed E-state index contributed by atoms with van der Waals surface area (Å²) in [6.07, 6.45) is 3.18. The molecule has 0 fully saturated rings. The fourth-order valence-corrected chi connectivity index (χ4v) is 2.90. The highest BCUT2D eigenvalue weighted by Gasteiger charge is 2.01. The van der Waals surface area contributed by atoms with E-state index in [2.05, 4.69) is 26.6 Å². The van der Waals surface area contributed by atoms with Crippen LogP contribution in [-0.4, -0.2) is 11.9 Å². The largest absolute Gasteiger partial charge is 0.351 e. The Hall–Kier alpha value is -2.12. The maximum Gasteiger partial charge on any atom is 0.316 e. The standard InChI is InChI=1S/C14H12BrN3O2S/c15-12-6-4-11(21-12)5-7-13(19)17-9-2-1-3-10(8-9)18-14(16)20/h1-8H,(H,17,19)(H3,16,18,20)/b7-5+. The van der Waals surface area contributed by atoms with Crippen LogP contribution in [0.3, 0.4) is 0 Å². The van der Waals surface area contributed by atoms with E-state index < -0.39 is 6.03 Å². The number of rotatable bonds is 4. The minimum atomic E-state index is -0.651.